The normalized spacial score (nSPS) is 11.9. The van der Waals surface area contributed by atoms with Gasteiger partial charge in [-0.25, -0.2) is 0 Å². The minimum absolute atomic E-state index is 0.121. The zero-order valence-corrected chi connectivity index (χ0v) is 8.78. The third-order valence-electron chi connectivity index (χ3n) is 2.37. The molecule has 0 bridgehead atoms. The number of nitrogens with zero attached hydrogens (tertiary/aromatic N) is 2. The molecule has 0 aliphatic rings. The van der Waals surface area contributed by atoms with Crippen LogP contribution in [0, 0.1) is 0 Å². The van der Waals surface area contributed by atoms with Crippen LogP contribution in [0.5, 0.6) is 0 Å². The molecule has 0 aliphatic heterocycles. The van der Waals surface area contributed by atoms with Crippen LogP contribution < -0.4 is 0 Å². The summed E-state index contributed by atoms with van der Waals surface area (Å²) in [6.45, 7) is 6.57. The zero-order valence-electron chi connectivity index (χ0n) is 8.78. The van der Waals surface area contributed by atoms with Crippen LogP contribution in [0.4, 0.5) is 0 Å². The molecule has 0 amide bonds. The highest BCUT2D eigenvalue weighted by molar-refractivity contribution is 5.84. The van der Waals surface area contributed by atoms with Crippen molar-refractivity contribution in [3.8, 4) is 0 Å². The highest BCUT2D eigenvalue weighted by atomic mass is 14.7. The van der Waals surface area contributed by atoms with Gasteiger partial charge in [-0.2, -0.15) is 0 Å². The molecule has 0 unspecified atom stereocenters. The first-order valence-corrected chi connectivity index (χ1v) is 4.77. The van der Waals surface area contributed by atoms with E-state index >= 15 is 0 Å². The van der Waals surface area contributed by atoms with Crippen molar-refractivity contribution in [1.82, 2.24) is 9.97 Å². The number of pyridine rings is 2. The van der Waals surface area contributed by atoms with Crippen LogP contribution in [0.1, 0.15) is 26.3 Å². The third kappa shape index (κ3) is 1.48. The van der Waals surface area contributed by atoms with E-state index < -0.39 is 0 Å². The van der Waals surface area contributed by atoms with E-state index in [4.69, 9.17) is 0 Å². The van der Waals surface area contributed by atoms with Crippen LogP contribution >= 0.6 is 0 Å². The first-order chi connectivity index (χ1) is 6.59. The summed E-state index contributed by atoms with van der Waals surface area (Å²) in [5.41, 5.74) is 1.37. The Morgan fingerprint density at radius 3 is 2.50 bits per heavy atom. The Balaban J connectivity index is 2.78. The van der Waals surface area contributed by atoms with Crippen LogP contribution in [-0.2, 0) is 5.41 Å². The smallest absolute Gasteiger partial charge is 0.0350 e. The molecular formula is C12H14N2. The Morgan fingerprint density at radius 1 is 1.00 bits per heavy atom. The van der Waals surface area contributed by atoms with Crippen LogP contribution in [0.15, 0.2) is 30.9 Å². The fourth-order valence-electron chi connectivity index (χ4n) is 1.60. The van der Waals surface area contributed by atoms with Gasteiger partial charge in [0.1, 0.15) is 0 Å². The SMILES string of the molecule is CC(C)(C)c1cncc2ccncc12. The molecule has 2 aromatic heterocycles. The Labute approximate surface area is 84.0 Å². The van der Waals surface area contributed by atoms with Crippen molar-refractivity contribution in [2.75, 3.05) is 0 Å². The summed E-state index contributed by atoms with van der Waals surface area (Å²) < 4.78 is 0. The van der Waals surface area contributed by atoms with Gasteiger partial charge in [-0.05, 0) is 17.0 Å². The van der Waals surface area contributed by atoms with Gasteiger partial charge < -0.3 is 0 Å². The van der Waals surface area contributed by atoms with Crippen LogP contribution in [0.2, 0.25) is 0 Å². The Kier molecular flexibility index (Phi) is 1.99. The summed E-state index contributed by atoms with van der Waals surface area (Å²) in [6, 6.07) is 2.00. The maximum Gasteiger partial charge on any atom is 0.0350 e. The molecular weight excluding hydrogens is 172 g/mol. The van der Waals surface area contributed by atoms with Gasteiger partial charge in [0, 0.05) is 35.6 Å². The second-order valence-corrected chi connectivity index (χ2v) is 4.53. The lowest BCUT2D eigenvalue weighted by Gasteiger charge is -2.20. The van der Waals surface area contributed by atoms with Gasteiger partial charge in [-0.15, -0.1) is 0 Å². The number of hydrogen-bond acceptors (Lipinski definition) is 2. The minimum atomic E-state index is 0.121. The molecule has 2 aromatic rings. The summed E-state index contributed by atoms with van der Waals surface area (Å²) in [5, 5.41) is 2.36. The van der Waals surface area contributed by atoms with Gasteiger partial charge in [-0.1, -0.05) is 20.8 Å². The Hall–Kier alpha value is -1.44. The predicted molar refractivity (Wildman–Crippen MR) is 58.2 cm³/mol. The van der Waals surface area contributed by atoms with E-state index in [1.54, 1.807) is 6.20 Å². The van der Waals surface area contributed by atoms with Crippen molar-refractivity contribution < 1.29 is 0 Å². The van der Waals surface area contributed by atoms with E-state index in [9.17, 15) is 0 Å². The second-order valence-electron chi connectivity index (χ2n) is 4.53. The van der Waals surface area contributed by atoms with E-state index in [2.05, 4.69) is 30.7 Å². The Bertz CT molecular complexity index is 450. The van der Waals surface area contributed by atoms with E-state index in [1.807, 2.05) is 24.7 Å². The predicted octanol–water partition coefficient (Wildman–Crippen LogP) is 2.93. The third-order valence-corrected chi connectivity index (χ3v) is 2.37. The molecule has 0 aliphatic carbocycles. The van der Waals surface area contributed by atoms with Crippen LogP contribution in [-0.4, -0.2) is 9.97 Å². The van der Waals surface area contributed by atoms with E-state index in [0.717, 1.165) is 5.39 Å². The van der Waals surface area contributed by atoms with Crippen molar-refractivity contribution in [3.63, 3.8) is 0 Å². The van der Waals surface area contributed by atoms with Gasteiger partial charge in [0.25, 0.3) is 0 Å². The largest absolute Gasteiger partial charge is 0.264 e. The van der Waals surface area contributed by atoms with Gasteiger partial charge in [0.2, 0.25) is 0 Å². The lowest BCUT2D eigenvalue weighted by Crippen LogP contribution is -2.12. The summed E-state index contributed by atoms with van der Waals surface area (Å²) >= 11 is 0. The van der Waals surface area contributed by atoms with Crippen molar-refractivity contribution >= 4 is 10.8 Å². The molecule has 2 rings (SSSR count). The first kappa shape index (κ1) is 9.13. The van der Waals surface area contributed by atoms with Gasteiger partial charge in [-0.3, -0.25) is 9.97 Å². The monoisotopic (exact) mass is 186 g/mol. The minimum Gasteiger partial charge on any atom is -0.264 e. The molecule has 14 heavy (non-hydrogen) atoms. The zero-order chi connectivity index (χ0) is 10.2. The molecule has 0 spiro atoms. The molecule has 0 atom stereocenters. The molecule has 0 radical (unpaired) electrons. The highest BCUT2D eigenvalue weighted by Crippen LogP contribution is 2.27. The molecule has 2 nitrogen and oxygen atoms in total. The Morgan fingerprint density at radius 2 is 1.79 bits per heavy atom. The fourth-order valence-corrected chi connectivity index (χ4v) is 1.60. The van der Waals surface area contributed by atoms with Crippen molar-refractivity contribution in [1.29, 1.82) is 0 Å². The van der Waals surface area contributed by atoms with Crippen molar-refractivity contribution in [2.24, 2.45) is 0 Å². The number of rotatable bonds is 0. The van der Waals surface area contributed by atoms with Crippen molar-refractivity contribution in [3.05, 3.63) is 36.4 Å². The standard InChI is InChI=1S/C12H14N2/c1-12(2,3)11-8-14-6-9-4-5-13-7-10(9)11/h4-8H,1-3H3. The molecule has 0 N–H and O–H groups in total. The lowest BCUT2D eigenvalue weighted by molar-refractivity contribution is 0.593. The van der Waals surface area contributed by atoms with Gasteiger partial charge in [0.15, 0.2) is 0 Å². The number of hydrogen-bond donors (Lipinski definition) is 0. The molecule has 0 aromatic carbocycles. The van der Waals surface area contributed by atoms with Crippen molar-refractivity contribution in [2.45, 2.75) is 26.2 Å². The first-order valence-electron chi connectivity index (χ1n) is 4.77. The summed E-state index contributed by atoms with van der Waals surface area (Å²) in [5.74, 6) is 0. The summed E-state index contributed by atoms with van der Waals surface area (Å²) in [4.78, 5) is 8.41. The van der Waals surface area contributed by atoms with Gasteiger partial charge in [0.05, 0.1) is 0 Å². The lowest BCUT2D eigenvalue weighted by atomic mass is 9.86. The molecule has 72 valence electrons. The molecule has 0 saturated carbocycles. The second kappa shape index (κ2) is 3.05. The molecule has 2 heterocycles. The van der Waals surface area contributed by atoms with Crippen LogP contribution in [0.3, 0.4) is 0 Å². The molecule has 2 heteroatoms. The average molecular weight is 186 g/mol. The molecule has 0 saturated heterocycles. The number of fused-ring (bicyclic) bond motifs is 1. The maximum absolute atomic E-state index is 4.25. The van der Waals surface area contributed by atoms with E-state index in [1.165, 1.54) is 10.9 Å². The van der Waals surface area contributed by atoms with Crippen LogP contribution in [0.25, 0.3) is 10.8 Å². The fraction of sp³-hybridized carbons (Fsp3) is 0.333. The topological polar surface area (TPSA) is 25.8 Å². The summed E-state index contributed by atoms with van der Waals surface area (Å²) in [7, 11) is 0. The average Bonchev–Trinajstić information content (AvgIpc) is 2.15. The highest BCUT2D eigenvalue weighted by Gasteiger charge is 2.16. The maximum atomic E-state index is 4.25. The van der Waals surface area contributed by atoms with Gasteiger partial charge >= 0.3 is 0 Å². The number of aromatic nitrogens is 2. The summed E-state index contributed by atoms with van der Waals surface area (Å²) in [6.07, 6.45) is 7.53. The molecule has 0 fully saturated rings. The van der Waals surface area contributed by atoms with E-state index in [0.29, 0.717) is 0 Å². The van der Waals surface area contributed by atoms with E-state index in [-0.39, 0.29) is 5.41 Å². The quantitative estimate of drug-likeness (QED) is 0.632.